The molecule has 4 aromatic rings. The van der Waals surface area contributed by atoms with Gasteiger partial charge in [-0.3, -0.25) is 14.2 Å². The van der Waals surface area contributed by atoms with Gasteiger partial charge in [-0.2, -0.15) is 0 Å². The van der Waals surface area contributed by atoms with Crippen LogP contribution in [-0.2, 0) is 14.3 Å². The van der Waals surface area contributed by atoms with E-state index >= 15 is 0 Å². The van der Waals surface area contributed by atoms with Gasteiger partial charge < -0.3 is 18.9 Å². The number of carbonyl (C=O) groups excluding carboxylic acids is 2. The minimum atomic E-state index is -0.838. The van der Waals surface area contributed by atoms with Gasteiger partial charge in [0.25, 0.3) is 5.56 Å². The summed E-state index contributed by atoms with van der Waals surface area (Å²) in [6.45, 7) is 3.18. The number of aromatic nitrogens is 1. The van der Waals surface area contributed by atoms with Crippen molar-refractivity contribution in [3.63, 3.8) is 0 Å². The lowest BCUT2D eigenvalue weighted by molar-refractivity contribution is -0.139. The fourth-order valence-electron chi connectivity index (χ4n) is 4.78. The Labute approximate surface area is 259 Å². The number of ether oxygens (including phenoxy) is 4. The van der Waals surface area contributed by atoms with Crippen LogP contribution in [0.15, 0.2) is 86.6 Å². The molecule has 0 radical (unpaired) electrons. The van der Waals surface area contributed by atoms with Crippen molar-refractivity contribution in [1.29, 1.82) is 0 Å². The normalized spacial score (nSPS) is 14.5. The average molecular weight is 664 g/mol. The predicted molar refractivity (Wildman–Crippen MR) is 166 cm³/mol. The molecule has 1 atom stereocenters. The van der Waals surface area contributed by atoms with E-state index in [2.05, 4.69) is 15.9 Å². The van der Waals surface area contributed by atoms with Crippen molar-refractivity contribution in [3.8, 4) is 17.2 Å². The zero-order chi connectivity index (χ0) is 30.7. The summed E-state index contributed by atoms with van der Waals surface area (Å²) >= 11 is 4.63. The summed E-state index contributed by atoms with van der Waals surface area (Å²) < 4.78 is 24.1. The molecule has 1 aliphatic rings. The standard InChI is InChI=1S/C32H27BrN2O7S/c1-5-41-31(38)26-27(20-10-7-6-8-11-20)34-32-35(28(26)21-12-9-13-22(17-21)39-3)30(37)25(43-32)16-19-14-23(33)29(42-18(2)36)24(15-19)40-4/h6-17,28H,5H2,1-4H3/b25-16-/t28-/m1/s1. The molecule has 43 heavy (non-hydrogen) atoms. The van der Waals surface area contributed by atoms with Gasteiger partial charge in [0.2, 0.25) is 0 Å². The van der Waals surface area contributed by atoms with Gasteiger partial charge in [-0.05, 0) is 64.3 Å². The van der Waals surface area contributed by atoms with Gasteiger partial charge in [0.05, 0.1) is 47.1 Å². The first-order chi connectivity index (χ1) is 20.7. The van der Waals surface area contributed by atoms with Crippen LogP contribution < -0.4 is 29.1 Å². The monoisotopic (exact) mass is 662 g/mol. The summed E-state index contributed by atoms with van der Waals surface area (Å²) in [5.74, 6) is 0.0594. The van der Waals surface area contributed by atoms with E-state index in [0.717, 1.165) is 0 Å². The van der Waals surface area contributed by atoms with Crippen LogP contribution in [-0.4, -0.2) is 37.3 Å². The number of hydrogen-bond donors (Lipinski definition) is 0. The fourth-order valence-corrected chi connectivity index (χ4v) is 6.33. The summed E-state index contributed by atoms with van der Waals surface area (Å²) in [5.41, 5.74) is 2.32. The van der Waals surface area contributed by atoms with Crippen LogP contribution in [0.2, 0.25) is 0 Å². The number of nitrogens with zero attached hydrogens (tertiary/aromatic N) is 2. The molecular weight excluding hydrogens is 636 g/mol. The van der Waals surface area contributed by atoms with Crippen LogP contribution in [0.4, 0.5) is 0 Å². The summed E-state index contributed by atoms with van der Waals surface area (Å²) in [6.07, 6.45) is 1.70. The molecule has 0 amide bonds. The number of carbonyl (C=O) groups is 2. The maximum Gasteiger partial charge on any atom is 0.338 e. The highest BCUT2D eigenvalue weighted by atomic mass is 79.9. The molecule has 0 N–H and O–H groups in total. The molecule has 220 valence electrons. The first-order valence-corrected chi connectivity index (χ1v) is 14.8. The Hall–Kier alpha value is -4.48. The highest BCUT2D eigenvalue weighted by Gasteiger charge is 2.35. The highest BCUT2D eigenvalue weighted by Crippen LogP contribution is 2.38. The SMILES string of the molecule is CCOC(=O)C1=C(c2ccccc2)N=c2s/c(=C\c3cc(Br)c(OC(C)=O)c(OC)c3)c(=O)n2[C@@H]1c1cccc(OC)c1. The third kappa shape index (κ3) is 6.04. The number of thiazole rings is 1. The molecule has 0 fully saturated rings. The van der Waals surface area contributed by atoms with Gasteiger partial charge in [0, 0.05) is 12.5 Å². The second-order valence-corrected chi connectivity index (χ2v) is 11.2. The minimum Gasteiger partial charge on any atom is -0.497 e. The van der Waals surface area contributed by atoms with Crippen molar-refractivity contribution in [2.75, 3.05) is 20.8 Å². The maximum atomic E-state index is 14.1. The van der Waals surface area contributed by atoms with Gasteiger partial charge in [0.1, 0.15) is 5.75 Å². The number of benzene rings is 3. The van der Waals surface area contributed by atoms with Gasteiger partial charge in [-0.1, -0.05) is 53.8 Å². The lowest BCUT2D eigenvalue weighted by Crippen LogP contribution is -2.40. The molecule has 1 aliphatic heterocycles. The Morgan fingerprint density at radius 3 is 2.49 bits per heavy atom. The van der Waals surface area contributed by atoms with Crippen molar-refractivity contribution in [1.82, 2.24) is 4.57 Å². The summed E-state index contributed by atoms with van der Waals surface area (Å²) in [7, 11) is 3.02. The number of hydrogen-bond acceptors (Lipinski definition) is 9. The van der Waals surface area contributed by atoms with Crippen molar-refractivity contribution in [3.05, 3.63) is 113 Å². The molecule has 0 spiro atoms. The van der Waals surface area contributed by atoms with E-state index in [4.69, 9.17) is 23.9 Å². The second kappa shape index (κ2) is 12.8. The molecule has 0 aliphatic carbocycles. The largest absolute Gasteiger partial charge is 0.497 e. The zero-order valence-electron chi connectivity index (χ0n) is 23.8. The number of fused-ring (bicyclic) bond motifs is 1. The first kappa shape index (κ1) is 30.0. The molecule has 9 nitrogen and oxygen atoms in total. The molecular formula is C32H27BrN2O7S. The number of methoxy groups -OCH3 is 2. The van der Waals surface area contributed by atoms with E-state index in [1.807, 2.05) is 42.5 Å². The summed E-state index contributed by atoms with van der Waals surface area (Å²) in [5, 5.41) is 0. The number of rotatable bonds is 8. The fraction of sp³-hybridized carbons (Fsp3) is 0.188. The van der Waals surface area contributed by atoms with Crippen LogP contribution in [0.3, 0.4) is 0 Å². The van der Waals surface area contributed by atoms with E-state index < -0.39 is 18.0 Å². The van der Waals surface area contributed by atoms with E-state index in [0.29, 0.717) is 47.7 Å². The quantitative estimate of drug-likeness (QED) is 0.200. The Morgan fingerprint density at radius 2 is 1.81 bits per heavy atom. The molecule has 0 saturated carbocycles. The van der Waals surface area contributed by atoms with Gasteiger partial charge in [-0.15, -0.1) is 0 Å². The van der Waals surface area contributed by atoms with Crippen LogP contribution in [0.5, 0.6) is 17.2 Å². The number of halogens is 1. The summed E-state index contributed by atoms with van der Waals surface area (Å²) in [4.78, 5) is 44.6. The van der Waals surface area contributed by atoms with Crippen molar-refractivity contribution < 1.29 is 28.5 Å². The van der Waals surface area contributed by atoms with Crippen LogP contribution in [0.1, 0.15) is 36.6 Å². The first-order valence-electron chi connectivity index (χ1n) is 13.2. The molecule has 5 rings (SSSR count). The third-order valence-corrected chi connectivity index (χ3v) is 8.15. The van der Waals surface area contributed by atoms with E-state index in [1.165, 1.54) is 29.9 Å². The van der Waals surface area contributed by atoms with Gasteiger partial charge in [0.15, 0.2) is 16.3 Å². The topological polar surface area (TPSA) is 105 Å². The van der Waals surface area contributed by atoms with Crippen molar-refractivity contribution >= 4 is 51.0 Å². The molecule has 3 aromatic carbocycles. The molecule has 11 heteroatoms. The Bertz CT molecular complexity index is 1930. The molecule has 0 bridgehead atoms. The third-order valence-electron chi connectivity index (χ3n) is 6.58. The van der Waals surface area contributed by atoms with E-state index in [9.17, 15) is 14.4 Å². The minimum absolute atomic E-state index is 0.152. The van der Waals surface area contributed by atoms with Crippen LogP contribution in [0.25, 0.3) is 11.8 Å². The predicted octanol–water partition coefficient (Wildman–Crippen LogP) is 4.64. The molecule has 0 saturated heterocycles. The number of esters is 2. The summed E-state index contributed by atoms with van der Waals surface area (Å²) in [6, 6.07) is 19.1. The Balaban J connectivity index is 1.79. The Kier molecular flexibility index (Phi) is 8.93. The average Bonchev–Trinajstić information content (AvgIpc) is 3.31. The Morgan fingerprint density at radius 1 is 1.05 bits per heavy atom. The smallest absolute Gasteiger partial charge is 0.338 e. The van der Waals surface area contributed by atoms with E-state index in [-0.39, 0.29) is 23.5 Å². The lowest BCUT2D eigenvalue weighted by Gasteiger charge is -2.26. The van der Waals surface area contributed by atoms with Gasteiger partial charge in [-0.25, -0.2) is 9.79 Å². The maximum absolute atomic E-state index is 14.1. The van der Waals surface area contributed by atoms with Crippen molar-refractivity contribution in [2.24, 2.45) is 4.99 Å². The lowest BCUT2D eigenvalue weighted by atomic mass is 9.93. The highest BCUT2D eigenvalue weighted by molar-refractivity contribution is 9.10. The van der Waals surface area contributed by atoms with Crippen LogP contribution in [0, 0.1) is 0 Å². The van der Waals surface area contributed by atoms with Gasteiger partial charge >= 0.3 is 11.9 Å². The van der Waals surface area contributed by atoms with Crippen molar-refractivity contribution in [2.45, 2.75) is 19.9 Å². The molecule has 1 aromatic heterocycles. The molecule has 2 heterocycles. The van der Waals surface area contributed by atoms with E-state index in [1.54, 1.807) is 44.4 Å². The molecule has 0 unspecified atom stereocenters. The zero-order valence-corrected chi connectivity index (χ0v) is 26.2. The van der Waals surface area contributed by atoms with Crippen LogP contribution >= 0.6 is 27.3 Å². The second-order valence-electron chi connectivity index (χ2n) is 9.34.